The number of carboxylic acid groups (broad SMARTS) is 2. The molecule has 4 atom stereocenters. The predicted octanol–water partition coefficient (Wildman–Crippen LogP) is 11.1. The van der Waals surface area contributed by atoms with Crippen LogP contribution in [0.25, 0.3) is 0 Å². The SMILES string of the molecule is CCCCC/C=C\C1C(CCCCC)C=CC(CCCCCCCCC(=O)O)C1CCCCCCCCC(=O)O. The Bertz CT molecular complexity index is 682. The lowest BCUT2D eigenvalue weighted by molar-refractivity contribution is -0.138. The number of rotatable bonds is 27. The van der Waals surface area contributed by atoms with Crippen molar-refractivity contribution in [2.75, 3.05) is 0 Å². The van der Waals surface area contributed by atoms with E-state index in [9.17, 15) is 9.59 Å². The Morgan fingerprint density at radius 2 is 1.02 bits per heavy atom. The molecule has 0 spiro atoms. The van der Waals surface area contributed by atoms with Gasteiger partial charge in [0.25, 0.3) is 0 Å². The van der Waals surface area contributed by atoms with Crippen LogP contribution in [0.15, 0.2) is 24.3 Å². The van der Waals surface area contributed by atoms with Crippen molar-refractivity contribution in [2.45, 2.75) is 168 Å². The lowest BCUT2D eigenvalue weighted by Crippen LogP contribution is -2.30. The maximum atomic E-state index is 10.8. The van der Waals surface area contributed by atoms with Gasteiger partial charge < -0.3 is 10.2 Å². The van der Waals surface area contributed by atoms with Crippen LogP contribution in [-0.2, 0) is 9.59 Å². The van der Waals surface area contributed by atoms with E-state index in [2.05, 4.69) is 38.2 Å². The second-order valence-electron chi connectivity index (χ2n) is 12.5. The Hall–Kier alpha value is -1.58. The first-order valence-corrected chi connectivity index (χ1v) is 17.3. The first kappa shape index (κ1) is 36.4. The van der Waals surface area contributed by atoms with Crippen LogP contribution >= 0.6 is 0 Å². The minimum absolute atomic E-state index is 0.309. The molecular formula is C36H64O4. The van der Waals surface area contributed by atoms with Crippen molar-refractivity contribution in [3.63, 3.8) is 0 Å². The molecule has 0 aromatic carbocycles. The third kappa shape index (κ3) is 18.7. The molecule has 0 aromatic rings. The zero-order valence-electron chi connectivity index (χ0n) is 26.3. The first-order chi connectivity index (χ1) is 19.5. The zero-order valence-corrected chi connectivity index (χ0v) is 26.3. The van der Waals surface area contributed by atoms with Crippen LogP contribution in [0.2, 0.25) is 0 Å². The van der Waals surface area contributed by atoms with Gasteiger partial charge in [0, 0.05) is 12.8 Å². The maximum Gasteiger partial charge on any atom is 0.303 e. The number of aliphatic carboxylic acids is 2. The van der Waals surface area contributed by atoms with E-state index in [0.717, 1.165) is 44.4 Å². The normalized spacial score (nSPS) is 20.9. The molecule has 1 aliphatic carbocycles. The van der Waals surface area contributed by atoms with Gasteiger partial charge in [0.15, 0.2) is 0 Å². The van der Waals surface area contributed by atoms with E-state index in [1.165, 1.54) is 103 Å². The average molecular weight is 561 g/mol. The quantitative estimate of drug-likeness (QED) is 0.0774. The van der Waals surface area contributed by atoms with E-state index in [0.29, 0.717) is 30.6 Å². The highest BCUT2D eigenvalue weighted by atomic mass is 16.4. The van der Waals surface area contributed by atoms with E-state index in [1.54, 1.807) is 0 Å². The largest absolute Gasteiger partial charge is 0.481 e. The van der Waals surface area contributed by atoms with Crippen LogP contribution < -0.4 is 0 Å². The molecule has 0 heterocycles. The van der Waals surface area contributed by atoms with Crippen LogP contribution in [0.5, 0.6) is 0 Å². The van der Waals surface area contributed by atoms with Crippen molar-refractivity contribution in [3.8, 4) is 0 Å². The summed E-state index contributed by atoms with van der Waals surface area (Å²) in [4.78, 5) is 21.5. The molecule has 1 rings (SSSR count). The Balaban J connectivity index is 2.71. The van der Waals surface area contributed by atoms with E-state index >= 15 is 0 Å². The van der Waals surface area contributed by atoms with Gasteiger partial charge in [-0.3, -0.25) is 9.59 Å². The highest BCUT2D eigenvalue weighted by Crippen LogP contribution is 2.43. The predicted molar refractivity (Wildman–Crippen MR) is 170 cm³/mol. The number of hydrogen-bond acceptors (Lipinski definition) is 2. The summed E-state index contributed by atoms with van der Waals surface area (Å²) >= 11 is 0. The van der Waals surface area contributed by atoms with Gasteiger partial charge >= 0.3 is 11.9 Å². The van der Waals surface area contributed by atoms with Gasteiger partial charge in [-0.25, -0.2) is 0 Å². The van der Waals surface area contributed by atoms with Gasteiger partial charge in [-0.15, -0.1) is 0 Å². The van der Waals surface area contributed by atoms with Crippen molar-refractivity contribution >= 4 is 11.9 Å². The fourth-order valence-electron chi connectivity index (χ4n) is 6.57. The van der Waals surface area contributed by atoms with Crippen molar-refractivity contribution in [1.82, 2.24) is 0 Å². The number of allylic oxidation sites excluding steroid dienone is 4. The van der Waals surface area contributed by atoms with Crippen molar-refractivity contribution in [1.29, 1.82) is 0 Å². The molecule has 0 saturated heterocycles. The molecule has 4 unspecified atom stereocenters. The van der Waals surface area contributed by atoms with Crippen LogP contribution in [-0.4, -0.2) is 22.2 Å². The molecule has 0 radical (unpaired) electrons. The lowest BCUT2D eigenvalue weighted by atomic mass is 9.66. The first-order valence-electron chi connectivity index (χ1n) is 17.3. The van der Waals surface area contributed by atoms with Crippen LogP contribution in [0.1, 0.15) is 168 Å². The van der Waals surface area contributed by atoms with Gasteiger partial charge in [0.1, 0.15) is 0 Å². The van der Waals surface area contributed by atoms with Crippen LogP contribution in [0.4, 0.5) is 0 Å². The Kier molecular flexibility index (Phi) is 22.9. The minimum Gasteiger partial charge on any atom is -0.481 e. The Morgan fingerprint density at radius 1 is 0.575 bits per heavy atom. The van der Waals surface area contributed by atoms with Gasteiger partial charge in [-0.05, 0) is 68.6 Å². The van der Waals surface area contributed by atoms with Gasteiger partial charge in [0.05, 0.1) is 0 Å². The average Bonchev–Trinajstić information content (AvgIpc) is 2.92. The monoisotopic (exact) mass is 560 g/mol. The summed E-state index contributed by atoms with van der Waals surface area (Å²) in [5.41, 5.74) is 0. The second kappa shape index (κ2) is 25.2. The molecule has 232 valence electrons. The summed E-state index contributed by atoms with van der Waals surface area (Å²) in [6.45, 7) is 4.58. The molecular weight excluding hydrogens is 496 g/mol. The molecule has 1 aliphatic rings. The van der Waals surface area contributed by atoms with E-state index in [1.807, 2.05) is 0 Å². The topological polar surface area (TPSA) is 74.6 Å². The molecule has 4 nitrogen and oxygen atoms in total. The molecule has 0 bridgehead atoms. The molecule has 4 heteroatoms. The number of unbranched alkanes of at least 4 members (excludes halogenated alkanes) is 15. The summed E-state index contributed by atoms with van der Waals surface area (Å²) in [5.74, 6) is 1.42. The number of carboxylic acids is 2. The van der Waals surface area contributed by atoms with Crippen LogP contribution in [0.3, 0.4) is 0 Å². The minimum atomic E-state index is -0.671. The summed E-state index contributed by atoms with van der Waals surface area (Å²) in [7, 11) is 0. The summed E-state index contributed by atoms with van der Waals surface area (Å²) in [5, 5.41) is 17.7. The number of hydrogen-bond donors (Lipinski definition) is 2. The maximum absolute atomic E-state index is 10.8. The third-order valence-electron chi connectivity index (χ3n) is 8.97. The van der Waals surface area contributed by atoms with Crippen LogP contribution in [0, 0.1) is 23.7 Å². The highest BCUT2D eigenvalue weighted by molar-refractivity contribution is 5.66. The smallest absolute Gasteiger partial charge is 0.303 e. The molecule has 0 amide bonds. The molecule has 0 fully saturated rings. The van der Waals surface area contributed by atoms with E-state index in [-0.39, 0.29) is 0 Å². The summed E-state index contributed by atoms with van der Waals surface area (Å²) < 4.78 is 0. The molecule has 2 N–H and O–H groups in total. The fourth-order valence-corrected chi connectivity index (χ4v) is 6.57. The fraction of sp³-hybridized carbons (Fsp3) is 0.833. The second-order valence-corrected chi connectivity index (χ2v) is 12.5. The van der Waals surface area contributed by atoms with Crippen molar-refractivity contribution in [3.05, 3.63) is 24.3 Å². The zero-order chi connectivity index (χ0) is 29.3. The van der Waals surface area contributed by atoms with Crippen molar-refractivity contribution in [2.24, 2.45) is 23.7 Å². The van der Waals surface area contributed by atoms with Gasteiger partial charge in [0.2, 0.25) is 0 Å². The lowest BCUT2D eigenvalue weighted by Gasteiger charge is -2.39. The highest BCUT2D eigenvalue weighted by Gasteiger charge is 2.33. The molecule has 0 saturated carbocycles. The van der Waals surface area contributed by atoms with Crippen molar-refractivity contribution < 1.29 is 19.8 Å². The van der Waals surface area contributed by atoms with E-state index < -0.39 is 11.9 Å². The van der Waals surface area contributed by atoms with Gasteiger partial charge in [-0.1, -0.05) is 134 Å². The third-order valence-corrected chi connectivity index (χ3v) is 8.97. The Morgan fingerprint density at radius 3 is 1.60 bits per heavy atom. The summed E-state index contributed by atoms with van der Waals surface area (Å²) in [6, 6.07) is 0. The number of carbonyl (C=O) groups is 2. The molecule has 40 heavy (non-hydrogen) atoms. The van der Waals surface area contributed by atoms with E-state index in [4.69, 9.17) is 10.2 Å². The molecule has 0 aromatic heterocycles. The molecule has 0 aliphatic heterocycles. The Labute approximate surface area is 247 Å². The standard InChI is InChI=1S/C36H64O4/c1-3-5-7-12-19-25-33-31(23-17-6-4-2)29-30-32(24-18-13-8-10-15-21-27-35(37)38)34(33)26-20-14-9-11-16-22-28-36(39)40/h19,25,29-34H,3-18,20-24,26-28H2,1-2H3,(H,37,38)(H,39,40)/b25-19-. The summed E-state index contributed by atoms with van der Waals surface area (Å²) in [6.07, 6.45) is 37.5. The van der Waals surface area contributed by atoms with Gasteiger partial charge in [-0.2, -0.15) is 0 Å².